The average Bonchev–Trinajstić information content (AvgIpc) is 2.80. The van der Waals surface area contributed by atoms with Crippen LogP contribution in [0.1, 0.15) is 155 Å². The van der Waals surface area contributed by atoms with E-state index < -0.39 is 0 Å². The minimum Gasteiger partial charge on any atom is -0.389 e. The normalized spacial score (nSPS) is 12.5. The van der Waals surface area contributed by atoms with Gasteiger partial charge in [0.1, 0.15) is 0 Å². The van der Waals surface area contributed by atoms with Crippen LogP contribution in [0.15, 0.2) is 0 Å². The highest BCUT2D eigenvalue weighted by atomic mass is 16.5. The number of ether oxygens (including phenoxy) is 1. The van der Waals surface area contributed by atoms with Crippen molar-refractivity contribution in [1.29, 1.82) is 0 Å². The van der Waals surface area contributed by atoms with E-state index in [1.807, 2.05) is 0 Å². The van der Waals surface area contributed by atoms with Crippen LogP contribution in [-0.2, 0) is 4.74 Å². The van der Waals surface area contributed by atoms with Gasteiger partial charge in [-0.2, -0.15) is 0 Å². The third-order valence-electron chi connectivity index (χ3n) is 6.54. The SMILES string of the molecule is CCCCCCCCCCCCCCNCC(O)COCCCCCCCCCCCC. The number of hydrogen-bond acceptors (Lipinski definition) is 3. The summed E-state index contributed by atoms with van der Waals surface area (Å²) < 4.78 is 5.65. The first-order valence-electron chi connectivity index (χ1n) is 14.8. The van der Waals surface area contributed by atoms with Gasteiger partial charge in [-0.1, -0.05) is 142 Å². The first-order chi connectivity index (χ1) is 15.8. The fourth-order valence-electron chi connectivity index (χ4n) is 4.33. The Morgan fingerprint density at radius 2 is 0.906 bits per heavy atom. The number of aliphatic hydroxyl groups excluding tert-OH is 1. The topological polar surface area (TPSA) is 41.5 Å². The number of hydrogen-bond donors (Lipinski definition) is 2. The summed E-state index contributed by atoms with van der Waals surface area (Å²) in [6.07, 6.45) is 29.8. The molecule has 0 rings (SSSR count). The van der Waals surface area contributed by atoms with Crippen molar-refractivity contribution in [3.63, 3.8) is 0 Å². The van der Waals surface area contributed by atoms with Crippen molar-refractivity contribution in [2.45, 2.75) is 161 Å². The lowest BCUT2D eigenvalue weighted by molar-refractivity contribution is 0.0355. The Balaban J connectivity index is 3.13. The van der Waals surface area contributed by atoms with E-state index in [-0.39, 0.29) is 6.10 Å². The van der Waals surface area contributed by atoms with Gasteiger partial charge < -0.3 is 15.2 Å². The van der Waals surface area contributed by atoms with Gasteiger partial charge in [0.2, 0.25) is 0 Å². The number of unbranched alkanes of at least 4 members (excludes halogenated alkanes) is 20. The third-order valence-corrected chi connectivity index (χ3v) is 6.54. The van der Waals surface area contributed by atoms with Crippen LogP contribution in [0, 0.1) is 0 Å². The molecule has 2 N–H and O–H groups in total. The zero-order valence-corrected chi connectivity index (χ0v) is 22.3. The van der Waals surface area contributed by atoms with Crippen molar-refractivity contribution in [2.75, 3.05) is 26.3 Å². The van der Waals surface area contributed by atoms with E-state index in [1.165, 1.54) is 135 Å². The van der Waals surface area contributed by atoms with Crippen molar-refractivity contribution in [3.05, 3.63) is 0 Å². The van der Waals surface area contributed by atoms with Crippen molar-refractivity contribution >= 4 is 0 Å². The van der Waals surface area contributed by atoms with Crippen LogP contribution < -0.4 is 5.32 Å². The van der Waals surface area contributed by atoms with Crippen LogP contribution >= 0.6 is 0 Å². The quantitative estimate of drug-likeness (QED) is 0.116. The molecule has 0 amide bonds. The molecule has 0 aliphatic heterocycles. The fraction of sp³-hybridized carbons (Fsp3) is 1.00. The van der Waals surface area contributed by atoms with E-state index in [0.29, 0.717) is 13.2 Å². The van der Waals surface area contributed by atoms with Gasteiger partial charge >= 0.3 is 0 Å². The summed E-state index contributed by atoms with van der Waals surface area (Å²) in [5, 5.41) is 13.4. The zero-order valence-electron chi connectivity index (χ0n) is 22.3. The predicted octanol–water partition coefficient (Wildman–Crippen LogP) is 8.58. The van der Waals surface area contributed by atoms with Gasteiger partial charge in [-0.05, 0) is 19.4 Å². The summed E-state index contributed by atoms with van der Waals surface area (Å²) in [6, 6.07) is 0. The molecule has 32 heavy (non-hydrogen) atoms. The molecule has 0 aromatic rings. The van der Waals surface area contributed by atoms with Crippen LogP contribution in [0.25, 0.3) is 0 Å². The lowest BCUT2D eigenvalue weighted by Crippen LogP contribution is -2.31. The molecule has 0 saturated carbocycles. The van der Waals surface area contributed by atoms with E-state index in [2.05, 4.69) is 19.2 Å². The molecule has 0 heterocycles. The highest BCUT2D eigenvalue weighted by Gasteiger charge is 2.03. The maximum Gasteiger partial charge on any atom is 0.0897 e. The molecule has 1 unspecified atom stereocenters. The van der Waals surface area contributed by atoms with Gasteiger partial charge in [0.25, 0.3) is 0 Å². The van der Waals surface area contributed by atoms with Gasteiger partial charge in [-0.25, -0.2) is 0 Å². The molecule has 0 saturated heterocycles. The number of aliphatic hydroxyl groups is 1. The van der Waals surface area contributed by atoms with E-state index >= 15 is 0 Å². The fourth-order valence-corrected chi connectivity index (χ4v) is 4.33. The van der Waals surface area contributed by atoms with Crippen molar-refractivity contribution in [3.8, 4) is 0 Å². The van der Waals surface area contributed by atoms with Gasteiger partial charge in [0.05, 0.1) is 12.7 Å². The Hall–Kier alpha value is -0.120. The lowest BCUT2D eigenvalue weighted by Gasteiger charge is -2.12. The van der Waals surface area contributed by atoms with Gasteiger partial charge in [0.15, 0.2) is 0 Å². The molecule has 0 aromatic carbocycles. The number of nitrogens with one attached hydrogen (secondary N) is 1. The van der Waals surface area contributed by atoms with Crippen LogP contribution in [0.3, 0.4) is 0 Å². The summed E-state index contributed by atoms with van der Waals surface area (Å²) in [5.41, 5.74) is 0. The zero-order chi connectivity index (χ0) is 23.4. The summed E-state index contributed by atoms with van der Waals surface area (Å²) >= 11 is 0. The molecule has 0 aliphatic rings. The van der Waals surface area contributed by atoms with Crippen LogP contribution in [0.2, 0.25) is 0 Å². The smallest absolute Gasteiger partial charge is 0.0897 e. The second-order valence-electron chi connectivity index (χ2n) is 10.0. The van der Waals surface area contributed by atoms with Gasteiger partial charge in [-0.3, -0.25) is 0 Å². The van der Waals surface area contributed by atoms with E-state index in [9.17, 15) is 5.11 Å². The molecule has 3 heteroatoms. The third kappa shape index (κ3) is 27.9. The van der Waals surface area contributed by atoms with Crippen LogP contribution in [0.5, 0.6) is 0 Å². The number of rotatable bonds is 28. The maximum absolute atomic E-state index is 10.0. The molecule has 0 bridgehead atoms. The summed E-state index contributed by atoms with van der Waals surface area (Å²) in [4.78, 5) is 0. The van der Waals surface area contributed by atoms with Gasteiger partial charge in [-0.15, -0.1) is 0 Å². The monoisotopic (exact) mass is 455 g/mol. The Bertz CT molecular complexity index is 324. The van der Waals surface area contributed by atoms with Crippen LogP contribution in [-0.4, -0.2) is 37.5 Å². The first-order valence-corrected chi connectivity index (χ1v) is 14.8. The Kier molecular flexibility index (Phi) is 28.8. The Morgan fingerprint density at radius 3 is 1.34 bits per heavy atom. The molecule has 0 aromatic heterocycles. The lowest BCUT2D eigenvalue weighted by atomic mass is 10.1. The molecular formula is C29H61NO2. The highest BCUT2D eigenvalue weighted by Crippen LogP contribution is 2.12. The Morgan fingerprint density at radius 1 is 0.531 bits per heavy atom. The van der Waals surface area contributed by atoms with Crippen LogP contribution in [0.4, 0.5) is 0 Å². The highest BCUT2D eigenvalue weighted by molar-refractivity contribution is 4.59. The molecule has 0 radical (unpaired) electrons. The van der Waals surface area contributed by atoms with Crippen molar-refractivity contribution in [1.82, 2.24) is 5.32 Å². The molecule has 1 atom stereocenters. The molecular weight excluding hydrogens is 394 g/mol. The van der Waals surface area contributed by atoms with Crippen molar-refractivity contribution in [2.24, 2.45) is 0 Å². The van der Waals surface area contributed by atoms with E-state index in [1.54, 1.807) is 0 Å². The predicted molar refractivity (Wildman–Crippen MR) is 143 cm³/mol. The second-order valence-corrected chi connectivity index (χ2v) is 10.0. The largest absolute Gasteiger partial charge is 0.389 e. The standard InChI is InChI=1S/C29H61NO2/c1-3-5-7-9-11-13-15-16-17-19-21-23-25-30-27-29(31)28-32-26-24-22-20-18-14-12-10-8-6-4-2/h29-31H,3-28H2,1-2H3. The summed E-state index contributed by atoms with van der Waals surface area (Å²) in [5.74, 6) is 0. The maximum atomic E-state index is 10.0. The summed E-state index contributed by atoms with van der Waals surface area (Å²) in [6.45, 7) is 7.52. The Labute approximate surface area is 202 Å². The molecule has 3 nitrogen and oxygen atoms in total. The molecule has 0 fully saturated rings. The first kappa shape index (κ1) is 31.9. The van der Waals surface area contributed by atoms with Gasteiger partial charge in [0, 0.05) is 13.2 Å². The van der Waals surface area contributed by atoms with Crippen molar-refractivity contribution < 1.29 is 9.84 Å². The minimum absolute atomic E-state index is 0.365. The molecule has 0 spiro atoms. The second kappa shape index (κ2) is 28.9. The van der Waals surface area contributed by atoms with E-state index in [4.69, 9.17) is 4.74 Å². The minimum atomic E-state index is -0.365. The summed E-state index contributed by atoms with van der Waals surface area (Å²) in [7, 11) is 0. The molecule has 0 aliphatic carbocycles. The molecule has 194 valence electrons. The van der Waals surface area contributed by atoms with E-state index in [0.717, 1.165) is 19.6 Å². The average molecular weight is 456 g/mol.